The fraction of sp³-hybridized carbons (Fsp3) is 0.438. The van der Waals surface area contributed by atoms with Crippen LogP contribution in [0, 0.1) is 5.92 Å². The Morgan fingerprint density at radius 1 is 1.36 bits per heavy atom. The van der Waals surface area contributed by atoms with E-state index in [1.807, 2.05) is 17.1 Å². The topological polar surface area (TPSA) is 91.2 Å². The molecule has 0 radical (unpaired) electrons. The van der Waals surface area contributed by atoms with Crippen molar-refractivity contribution in [2.75, 3.05) is 24.7 Å². The van der Waals surface area contributed by atoms with E-state index < -0.39 is 5.97 Å². The van der Waals surface area contributed by atoms with Gasteiger partial charge in [-0.3, -0.25) is 9.80 Å². The molecule has 2 aliphatic heterocycles. The minimum atomic E-state index is -1.01. The summed E-state index contributed by atoms with van der Waals surface area (Å²) in [5.41, 5.74) is 0.866. The molecule has 0 saturated carbocycles. The van der Waals surface area contributed by atoms with E-state index >= 15 is 0 Å². The number of carboxylic acids is 1. The van der Waals surface area contributed by atoms with Gasteiger partial charge < -0.3 is 15.2 Å². The first-order valence-electron chi connectivity index (χ1n) is 7.82. The largest absolute Gasteiger partial charge is 0.482 e. The van der Waals surface area contributed by atoms with Crippen molar-refractivity contribution >= 4 is 47.2 Å². The third kappa shape index (κ3) is 4.87. The lowest BCUT2D eigenvalue weighted by Gasteiger charge is -2.32. The summed E-state index contributed by atoms with van der Waals surface area (Å²) in [6.07, 6.45) is 2.90. The number of aliphatic carboxylic acids is 1. The van der Waals surface area contributed by atoms with E-state index in [2.05, 4.69) is 10.4 Å². The molecule has 1 aromatic rings. The van der Waals surface area contributed by atoms with E-state index in [0.29, 0.717) is 16.7 Å². The molecule has 1 aromatic carbocycles. The number of hydrogen-bond donors (Lipinski definition) is 2. The molecular weight excluding hydrogens is 366 g/mol. The number of hydrazone groups is 1. The number of benzene rings is 1. The predicted molar refractivity (Wildman–Crippen MR) is 99.8 cm³/mol. The molecule has 0 amide bonds. The maximum Gasteiger partial charge on any atom is 0.341 e. The SMILES string of the molecule is Cl.O=CC1=NN(c2ccc(OCC(=O)O)cc2)C(C2CCNCC2)S1. The summed E-state index contributed by atoms with van der Waals surface area (Å²) >= 11 is 1.51. The molecule has 2 N–H and O–H groups in total. The molecule has 1 saturated heterocycles. The zero-order chi connectivity index (χ0) is 16.9. The fourth-order valence-corrected chi connectivity index (χ4v) is 4.05. The Balaban J connectivity index is 0.00000225. The minimum absolute atomic E-state index is 0. The van der Waals surface area contributed by atoms with Gasteiger partial charge in [-0.05, 0) is 56.1 Å². The van der Waals surface area contributed by atoms with Gasteiger partial charge in [-0.2, -0.15) is 5.10 Å². The van der Waals surface area contributed by atoms with Crippen LogP contribution in [0.1, 0.15) is 12.8 Å². The van der Waals surface area contributed by atoms with E-state index in [9.17, 15) is 9.59 Å². The van der Waals surface area contributed by atoms with Crippen LogP contribution < -0.4 is 15.1 Å². The zero-order valence-corrected chi connectivity index (χ0v) is 15.1. The van der Waals surface area contributed by atoms with Crippen LogP contribution in [0.5, 0.6) is 5.75 Å². The maximum absolute atomic E-state index is 11.1. The number of anilines is 1. The van der Waals surface area contributed by atoms with Gasteiger partial charge in [-0.25, -0.2) is 4.79 Å². The minimum Gasteiger partial charge on any atom is -0.482 e. The van der Waals surface area contributed by atoms with Crippen molar-refractivity contribution in [1.29, 1.82) is 0 Å². The second-order valence-corrected chi connectivity index (χ2v) is 6.81. The number of ether oxygens (including phenoxy) is 1. The Morgan fingerprint density at radius 3 is 2.64 bits per heavy atom. The van der Waals surface area contributed by atoms with E-state index in [0.717, 1.165) is 37.9 Å². The van der Waals surface area contributed by atoms with Crippen molar-refractivity contribution in [1.82, 2.24) is 5.32 Å². The number of hydrogen-bond acceptors (Lipinski definition) is 7. The lowest BCUT2D eigenvalue weighted by Crippen LogP contribution is -2.38. The molecule has 1 atom stereocenters. The number of aldehydes is 1. The van der Waals surface area contributed by atoms with Gasteiger partial charge in [0.25, 0.3) is 0 Å². The lowest BCUT2D eigenvalue weighted by molar-refractivity contribution is -0.139. The first-order chi connectivity index (χ1) is 11.7. The zero-order valence-electron chi connectivity index (χ0n) is 13.5. The van der Waals surface area contributed by atoms with Crippen LogP contribution in [-0.2, 0) is 9.59 Å². The van der Waals surface area contributed by atoms with Gasteiger partial charge >= 0.3 is 5.97 Å². The standard InChI is InChI=1S/C16H19N3O4S.ClH/c20-9-14-18-19(16(24-14)11-5-7-17-8-6-11)12-1-3-13(4-2-12)23-10-15(21)22;/h1-4,9,11,16-17H,5-8,10H2,(H,21,22);1H. The lowest BCUT2D eigenvalue weighted by atomic mass is 9.97. The summed E-state index contributed by atoms with van der Waals surface area (Å²) in [5.74, 6) is -0.0624. The Hall–Kier alpha value is -1.77. The molecule has 136 valence electrons. The summed E-state index contributed by atoms with van der Waals surface area (Å²) in [5, 5.41) is 18.9. The van der Waals surface area contributed by atoms with Crippen LogP contribution in [0.2, 0.25) is 0 Å². The summed E-state index contributed by atoms with van der Waals surface area (Å²) in [7, 11) is 0. The molecule has 0 spiro atoms. The molecule has 3 rings (SSSR count). The van der Waals surface area contributed by atoms with Crippen molar-refractivity contribution in [2.24, 2.45) is 11.0 Å². The Morgan fingerprint density at radius 2 is 2.04 bits per heavy atom. The molecule has 7 nitrogen and oxygen atoms in total. The van der Waals surface area contributed by atoms with Crippen molar-refractivity contribution in [3.63, 3.8) is 0 Å². The third-order valence-electron chi connectivity index (χ3n) is 4.04. The highest BCUT2D eigenvalue weighted by atomic mass is 35.5. The molecule has 9 heteroatoms. The number of halogens is 1. The highest BCUT2D eigenvalue weighted by molar-refractivity contribution is 8.16. The highest BCUT2D eigenvalue weighted by Gasteiger charge is 2.35. The quantitative estimate of drug-likeness (QED) is 0.723. The van der Waals surface area contributed by atoms with E-state index in [4.69, 9.17) is 9.84 Å². The van der Waals surface area contributed by atoms with Crippen LogP contribution in [-0.4, -0.2) is 47.5 Å². The Bertz CT molecular complexity index is 635. The van der Waals surface area contributed by atoms with Crippen molar-refractivity contribution in [3.05, 3.63) is 24.3 Å². The predicted octanol–water partition coefficient (Wildman–Crippen LogP) is 1.96. The van der Waals surface area contributed by atoms with Crippen LogP contribution in [0.25, 0.3) is 0 Å². The van der Waals surface area contributed by atoms with Gasteiger partial charge in [-0.1, -0.05) is 11.8 Å². The van der Waals surface area contributed by atoms with Gasteiger partial charge in [0, 0.05) is 0 Å². The van der Waals surface area contributed by atoms with Gasteiger partial charge in [0.05, 0.1) is 5.69 Å². The molecule has 0 aromatic heterocycles. The molecule has 0 aliphatic carbocycles. The van der Waals surface area contributed by atoms with Gasteiger partial charge in [0.15, 0.2) is 17.9 Å². The van der Waals surface area contributed by atoms with Gasteiger partial charge in [0.1, 0.15) is 11.1 Å². The van der Waals surface area contributed by atoms with Crippen molar-refractivity contribution < 1.29 is 19.4 Å². The summed E-state index contributed by atoms with van der Waals surface area (Å²) in [4.78, 5) is 21.7. The summed E-state index contributed by atoms with van der Waals surface area (Å²) in [6.45, 7) is 1.59. The third-order valence-corrected chi connectivity index (χ3v) is 5.29. The molecule has 0 bridgehead atoms. The number of carboxylic acid groups (broad SMARTS) is 1. The van der Waals surface area contributed by atoms with Crippen LogP contribution in [0.3, 0.4) is 0 Å². The maximum atomic E-state index is 11.1. The molecule has 2 aliphatic rings. The number of nitrogens with zero attached hydrogens (tertiary/aromatic N) is 2. The van der Waals surface area contributed by atoms with Crippen molar-refractivity contribution in [3.8, 4) is 5.75 Å². The van der Waals surface area contributed by atoms with Crippen molar-refractivity contribution in [2.45, 2.75) is 18.2 Å². The number of thioether (sulfide) groups is 1. The van der Waals surface area contributed by atoms with Crippen LogP contribution in [0.15, 0.2) is 29.4 Å². The number of carbonyl (C=O) groups is 2. The first-order valence-corrected chi connectivity index (χ1v) is 8.70. The van der Waals surface area contributed by atoms with E-state index in [1.54, 1.807) is 12.1 Å². The monoisotopic (exact) mass is 385 g/mol. The Labute approximate surface area is 156 Å². The van der Waals surface area contributed by atoms with Gasteiger partial charge in [0.2, 0.25) is 0 Å². The van der Waals surface area contributed by atoms with Crippen LogP contribution in [0.4, 0.5) is 5.69 Å². The van der Waals surface area contributed by atoms with Crippen LogP contribution >= 0.6 is 24.2 Å². The fourth-order valence-electron chi connectivity index (χ4n) is 2.88. The average Bonchev–Trinajstić information content (AvgIpc) is 3.05. The first kappa shape index (κ1) is 19.6. The molecular formula is C16H20ClN3O4S. The average molecular weight is 386 g/mol. The number of rotatable bonds is 6. The second-order valence-electron chi connectivity index (χ2n) is 5.67. The summed E-state index contributed by atoms with van der Waals surface area (Å²) in [6, 6.07) is 7.11. The van der Waals surface area contributed by atoms with E-state index in [-0.39, 0.29) is 24.4 Å². The van der Waals surface area contributed by atoms with Gasteiger partial charge in [-0.15, -0.1) is 12.4 Å². The molecule has 1 unspecified atom stereocenters. The normalized spacial score (nSPS) is 20.6. The van der Waals surface area contributed by atoms with E-state index in [1.165, 1.54) is 11.8 Å². The summed E-state index contributed by atoms with van der Waals surface area (Å²) < 4.78 is 5.15. The number of carbonyl (C=O) groups excluding carboxylic acids is 1. The number of nitrogens with one attached hydrogen (secondary N) is 1. The molecule has 1 fully saturated rings. The highest BCUT2D eigenvalue weighted by Crippen LogP contribution is 2.38. The Kier molecular flexibility index (Phi) is 7.10. The second kappa shape index (κ2) is 9.07. The number of piperidine rings is 1. The smallest absolute Gasteiger partial charge is 0.341 e. The molecule has 2 heterocycles. The molecule has 25 heavy (non-hydrogen) atoms.